The molecule has 5 heteroatoms. The first-order valence-corrected chi connectivity index (χ1v) is 6.22. The topological polar surface area (TPSA) is 38.0 Å². The number of hydrogen-bond donors (Lipinski definition) is 1. The van der Waals surface area contributed by atoms with Gasteiger partial charge in [0.1, 0.15) is 0 Å². The highest BCUT2D eigenvalue weighted by molar-refractivity contribution is 9.10. The van der Waals surface area contributed by atoms with Crippen LogP contribution >= 0.6 is 27.3 Å². The van der Waals surface area contributed by atoms with E-state index in [0.29, 0.717) is 6.42 Å². The fourth-order valence-electron chi connectivity index (χ4n) is 1.40. The van der Waals surface area contributed by atoms with E-state index in [-0.39, 0.29) is 0 Å². The van der Waals surface area contributed by atoms with Crippen molar-refractivity contribution in [1.29, 1.82) is 0 Å². The molecule has 0 spiro atoms. The zero-order chi connectivity index (χ0) is 10.8. The zero-order valence-electron chi connectivity index (χ0n) is 8.22. The van der Waals surface area contributed by atoms with Crippen molar-refractivity contribution in [3.05, 3.63) is 38.8 Å². The van der Waals surface area contributed by atoms with Crippen LogP contribution in [0.15, 0.2) is 28.3 Å². The molecule has 1 N–H and O–H groups in total. The molecule has 1 atom stereocenters. The van der Waals surface area contributed by atoms with Crippen molar-refractivity contribution < 1.29 is 5.11 Å². The normalized spacial score (nSPS) is 13.0. The van der Waals surface area contributed by atoms with Crippen LogP contribution in [0.4, 0.5) is 0 Å². The van der Waals surface area contributed by atoms with E-state index in [1.54, 1.807) is 22.2 Å². The summed E-state index contributed by atoms with van der Waals surface area (Å²) in [4.78, 5) is 0.978. The Bertz CT molecular complexity index is 452. The van der Waals surface area contributed by atoms with Crippen molar-refractivity contribution in [2.45, 2.75) is 12.5 Å². The summed E-state index contributed by atoms with van der Waals surface area (Å²) in [5.74, 6) is 0. The van der Waals surface area contributed by atoms with E-state index in [2.05, 4.69) is 21.0 Å². The second kappa shape index (κ2) is 4.47. The van der Waals surface area contributed by atoms with Gasteiger partial charge in [0.15, 0.2) is 0 Å². The smallest absolute Gasteiger partial charge is 0.0923 e. The maximum Gasteiger partial charge on any atom is 0.0923 e. The van der Waals surface area contributed by atoms with Gasteiger partial charge in [-0.25, -0.2) is 0 Å². The summed E-state index contributed by atoms with van der Waals surface area (Å²) in [5, 5.41) is 16.0. The summed E-state index contributed by atoms with van der Waals surface area (Å²) in [6.07, 6.45) is 3.88. The highest BCUT2D eigenvalue weighted by Gasteiger charge is 2.11. The Kier molecular flexibility index (Phi) is 3.23. The molecule has 0 aliphatic rings. The number of aliphatic hydroxyl groups is 1. The number of hydrogen-bond acceptors (Lipinski definition) is 3. The molecule has 3 nitrogen and oxygen atoms in total. The van der Waals surface area contributed by atoms with Crippen LogP contribution in [0.3, 0.4) is 0 Å². The highest BCUT2D eigenvalue weighted by atomic mass is 79.9. The first kappa shape index (κ1) is 10.9. The number of aryl methyl sites for hydroxylation is 1. The summed E-state index contributed by atoms with van der Waals surface area (Å²) in [7, 11) is 1.87. The molecule has 80 valence electrons. The average Bonchev–Trinajstić information content (AvgIpc) is 2.75. The molecule has 0 fully saturated rings. The van der Waals surface area contributed by atoms with Gasteiger partial charge in [0.25, 0.3) is 0 Å². The fourth-order valence-corrected chi connectivity index (χ4v) is 2.83. The van der Waals surface area contributed by atoms with E-state index < -0.39 is 6.10 Å². The number of halogens is 1. The highest BCUT2D eigenvalue weighted by Crippen LogP contribution is 2.27. The molecule has 2 aromatic heterocycles. The third-order valence-corrected chi connectivity index (χ3v) is 3.90. The quantitative estimate of drug-likeness (QED) is 0.942. The van der Waals surface area contributed by atoms with Crippen LogP contribution in [0.25, 0.3) is 0 Å². The van der Waals surface area contributed by atoms with Gasteiger partial charge in [-0.15, -0.1) is 11.3 Å². The standard InChI is InChI=1S/C10H11BrN2OS/c1-13-5-7(4-12-13)2-9(14)10-3-8(11)6-15-10/h3-6,9,14H,2H2,1H3. The van der Waals surface area contributed by atoms with Crippen LogP contribution < -0.4 is 0 Å². The molecule has 2 aromatic rings. The minimum absolute atomic E-state index is 0.439. The van der Waals surface area contributed by atoms with Gasteiger partial charge in [-0.3, -0.25) is 4.68 Å². The first-order chi connectivity index (χ1) is 7.15. The summed E-state index contributed by atoms with van der Waals surface area (Å²) in [5.41, 5.74) is 1.05. The average molecular weight is 287 g/mol. The second-order valence-corrected chi connectivity index (χ2v) is 5.27. The van der Waals surface area contributed by atoms with Gasteiger partial charge in [0.05, 0.1) is 12.3 Å². The van der Waals surface area contributed by atoms with Crippen molar-refractivity contribution in [2.24, 2.45) is 7.05 Å². The number of aromatic nitrogens is 2. The van der Waals surface area contributed by atoms with E-state index in [9.17, 15) is 5.11 Å². The molecule has 2 rings (SSSR count). The molecule has 1 unspecified atom stereocenters. The summed E-state index contributed by atoms with van der Waals surface area (Å²) >= 11 is 4.93. The number of rotatable bonds is 3. The minimum atomic E-state index is -0.439. The Morgan fingerprint density at radius 2 is 2.47 bits per heavy atom. The molecular formula is C10H11BrN2OS. The van der Waals surface area contributed by atoms with Crippen LogP contribution in [0.1, 0.15) is 16.5 Å². The first-order valence-electron chi connectivity index (χ1n) is 4.54. The second-order valence-electron chi connectivity index (χ2n) is 3.41. The molecule has 2 heterocycles. The minimum Gasteiger partial charge on any atom is -0.387 e. The van der Waals surface area contributed by atoms with Crippen molar-refractivity contribution in [2.75, 3.05) is 0 Å². The van der Waals surface area contributed by atoms with Crippen molar-refractivity contribution >= 4 is 27.3 Å². The molecule has 0 aromatic carbocycles. The molecule has 0 bridgehead atoms. The van der Waals surface area contributed by atoms with Crippen LogP contribution in [-0.2, 0) is 13.5 Å². The van der Waals surface area contributed by atoms with Crippen molar-refractivity contribution in [3.8, 4) is 0 Å². The Balaban J connectivity index is 2.06. The predicted molar refractivity (Wildman–Crippen MR) is 63.9 cm³/mol. The van der Waals surface area contributed by atoms with E-state index in [0.717, 1.165) is 14.9 Å². The van der Waals surface area contributed by atoms with E-state index in [1.807, 2.05) is 24.7 Å². The lowest BCUT2D eigenvalue weighted by Crippen LogP contribution is -1.98. The lowest BCUT2D eigenvalue weighted by molar-refractivity contribution is 0.182. The van der Waals surface area contributed by atoms with Crippen LogP contribution in [-0.4, -0.2) is 14.9 Å². The number of thiophene rings is 1. The summed E-state index contributed by atoms with van der Waals surface area (Å²) < 4.78 is 2.76. The Morgan fingerprint density at radius 3 is 3.00 bits per heavy atom. The third kappa shape index (κ3) is 2.68. The van der Waals surface area contributed by atoms with Gasteiger partial charge in [0.2, 0.25) is 0 Å². The Morgan fingerprint density at radius 1 is 1.67 bits per heavy atom. The summed E-state index contributed by atoms with van der Waals surface area (Å²) in [6.45, 7) is 0. The van der Waals surface area contributed by atoms with Gasteiger partial charge in [-0.1, -0.05) is 0 Å². The SMILES string of the molecule is Cn1cc(CC(O)c2cc(Br)cs2)cn1. The number of aliphatic hydroxyl groups excluding tert-OH is 1. The van der Waals surface area contributed by atoms with Crippen molar-refractivity contribution in [1.82, 2.24) is 9.78 Å². The van der Waals surface area contributed by atoms with E-state index in [4.69, 9.17) is 0 Å². The van der Waals surface area contributed by atoms with Gasteiger partial charge in [-0.05, 0) is 27.6 Å². The predicted octanol–water partition coefficient (Wildman–Crippen LogP) is 2.52. The molecule has 15 heavy (non-hydrogen) atoms. The Hall–Kier alpha value is -0.650. The fraction of sp³-hybridized carbons (Fsp3) is 0.300. The van der Waals surface area contributed by atoms with Crippen LogP contribution in [0.5, 0.6) is 0 Å². The van der Waals surface area contributed by atoms with Crippen molar-refractivity contribution in [3.63, 3.8) is 0 Å². The van der Waals surface area contributed by atoms with Gasteiger partial charge < -0.3 is 5.11 Å². The Labute approximate surface area is 100 Å². The molecular weight excluding hydrogens is 276 g/mol. The summed E-state index contributed by atoms with van der Waals surface area (Å²) in [6, 6.07) is 1.95. The largest absolute Gasteiger partial charge is 0.387 e. The van der Waals surface area contributed by atoms with Crippen LogP contribution in [0, 0.1) is 0 Å². The molecule has 0 saturated carbocycles. The monoisotopic (exact) mass is 286 g/mol. The lowest BCUT2D eigenvalue weighted by atomic mass is 10.1. The van der Waals surface area contributed by atoms with Gasteiger partial charge in [0, 0.05) is 34.4 Å². The maximum atomic E-state index is 9.95. The van der Waals surface area contributed by atoms with Crippen LogP contribution in [0.2, 0.25) is 0 Å². The third-order valence-electron chi connectivity index (χ3n) is 2.10. The van der Waals surface area contributed by atoms with Gasteiger partial charge in [-0.2, -0.15) is 5.10 Å². The molecule has 0 radical (unpaired) electrons. The molecule has 0 aliphatic heterocycles. The van der Waals surface area contributed by atoms with Gasteiger partial charge >= 0.3 is 0 Å². The maximum absolute atomic E-state index is 9.95. The zero-order valence-corrected chi connectivity index (χ0v) is 10.6. The molecule has 0 saturated heterocycles. The van der Waals surface area contributed by atoms with E-state index >= 15 is 0 Å². The number of nitrogens with zero attached hydrogens (tertiary/aromatic N) is 2. The lowest BCUT2D eigenvalue weighted by Gasteiger charge is -2.05. The molecule has 0 aliphatic carbocycles. The van der Waals surface area contributed by atoms with E-state index in [1.165, 1.54) is 0 Å². The molecule has 0 amide bonds.